The van der Waals surface area contributed by atoms with Crippen LogP contribution >= 0.6 is 11.6 Å². The normalized spacial score (nSPS) is 15.3. The molecule has 0 bridgehead atoms. The zero-order valence-electron chi connectivity index (χ0n) is 20.7. The van der Waals surface area contributed by atoms with Crippen molar-refractivity contribution in [2.75, 3.05) is 12.4 Å². The Hall–Kier alpha value is -4.11. The lowest BCUT2D eigenvalue weighted by Gasteiger charge is -2.15. The van der Waals surface area contributed by atoms with Crippen LogP contribution < -0.4 is 10.1 Å². The molecule has 9 nitrogen and oxygen atoms in total. The van der Waals surface area contributed by atoms with E-state index in [0.717, 1.165) is 54.3 Å². The molecule has 188 valence electrons. The molecule has 0 amide bonds. The van der Waals surface area contributed by atoms with E-state index < -0.39 is 0 Å². The molecule has 6 rings (SSSR count). The molecule has 1 aliphatic heterocycles. The third kappa shape index (κ3) is 4.70. The van der Waals surface area contributed by atoms with Crippen molar-refractivity contribution < 1.29 is 4.74 Å². The van der Waals surface area contributed by atoms with E-state index >= 15 is 0 Å². The van der Waals surface area contributed by atoms with Crippen LogP contribution in [0.4, 0.5) is 11.6 Å². The molecule has 2 aromatic carbocycles. The maximum atomic E-state index is 5.99. The Kier molecular flexibility index (Phi) is 6.13. The van der Waals surface area contributed by atoms with Crippen molar-refractivity contribution >= 4 is 23.2 Å². The molecule has 0 saturated carbocycles. The number of nitrogens with one attached hydrogen (secondary N) is 1. The van der Waals surface area contributed by atoms with Crippen molar-refractivity contribution in [2.24, 2.45) is 0 Å². The van der Waals surface area contributed by atoms with Crippen LogP contribution in [-0.2, 0) is 6.54 Å². The molecule has 0 saturated heterocycles. The first kappa shape index (κ1) is 23.3. The molecule has 1 atom stereocenters. The molecule has 1 N–H and O–H groups in total. The number of halogens is 1. The molecule has 0 radical (unpaired) electrons. The Labute approximate surface area is 219 Å². The van der Waals surface area contributed by atoms with Gasteiger partial charge >= 0.3 is 0 Å². The van der Waals surface area contributed by atoms with Gasteiger partial charge in [-0.25, -0.2) is 14.3 Å². The van der Waals surface area contributed by atoms with Crippen molar-refractivity contribution in [1.29, 1.82) is 0 Å². The summed E-state index contributed by atoms with van der Waals surface area (Å²) in [4.78, 5) is 9.02. The van der Waals surface area contributed by atoms with Crippen molar-refractivity contribution in [2.45, 2.75) is 38.6 Å². The molecule has 4 heterocycles. The molecular weight excluding hydrogens is 488 g/mol. The minimum atomic E-state index is 0.182. The fourth-order valence-electron chi connectivity index (χ4n) is 4.83. The predicted octanol–water partition coefficient (Wildman–Crippen LogP) is 5.68. The number of aryl methyl sites for hydroxylation is 2. The largest absolute Gasteiger partial charge is 0.494 e. The molecule has 5 aromatic rings. The van der Waals surface area contributed by atoms with Crippen LogP contribution in [0, 0.1) is 6.92 Å². The Morgan fingerprint density at radius 1 is 1.08 bits per heavy atom. The lowest BCUT2D eigenvalue weighted by Crippen LogP contribution is -2.08. The van der Waals surface area contributed by atoms with Gasteiger partial charge in [-0.15, -0.1) is 5.10 Å². The van der Waals surface area contributed by atoms with Crippen LogP contribution in [0.3, 0.4) is 0 Å². The number of nitrogens with zero attached hydrogens (tertiary/aromatic N) is 7. The van der Waals surface area contributed by atoms with Gasteiger partial charge in [0.2, 0.25) is 5.95 Å². The average Bonchev–Trinajstić information content (AvgIpc) is 3.61. The van der Waals surface area contributed by atoms with Crippen molar-refractivity contribution in [3.8, 4) is 17.1 Å². The molecule has 37 heavy (non-hydrogen) atoms. The van der Waals surface area contributed by atoms with Gasteiger partial charge in [0, 0.05) is 36.6 Å². The number of benzene rings is 2. The van der Waals surface area contributed by atoms with E-state index in [2.05, 4.69) is 39.7 Å². The summed E-state index contributed by atoms with van der Waals surface area (Å²) >= 11 is 5.99. The zero-order chi connectivity index (χ0) is 25.4. The van der Waals surface area contributed by atoms with E-state index in [1.807, 2.05) is 51.4 Å². The van der Waals surface area contributed by atoms with Gasteiger partial charge in [-0.05, 0) is 55.2 Å². The van der Waals surface area contributed by atoms with Crippen molar-refractivity contribution in [3.63, 3.8) is 0 Å². The van der Waals surface area contributed by atoms with Crippen molar-refractivity contribution in [1.82, 2.24) is 34.1 Å². The summed E-state index contributed by atoms with van der Waals surface area (Å²) < 4.78 is 11.4. The molecule has 0 unspecified atom stereocenters. The average molecular weight is 515 g/mol. The van der Waals surface area contributed by atoms with Crippen LogP contribution in [0.1, 0.15) is 42.1 Å². The minimum Gasteiger partial charge on any atom is -0.494 e. The monoisotopic (exact) mass is 514 g/mol. The summed E-state index contributed by atoms with van der Waals surface area (Å²) in [5.41, 5.74) is 5.10. The van der Waals surface area contributed by atoms with E-state index in [4.69, 9.17) is 26.4 Å². The standard InChI is InChI=1S/C27H27ClN8O/c1-18-14-30-36(15-18)21-9-6-19(7-10-21)22-5-3-4-12-35-26(22)32-27(33-35)31-20-8-11-23(24(13-20)37-2)34-16-25(28)29-17-34/h6-11,13-17,22H,3-5,12H2,1-2H3,(H,31,33)/t22-/m0/s1. The number of aromatic nitrogens is 7. The molecular formula is C27H27ClN8O. The molecule has 3 aromatic heterocycles. The van der Waals surface area contributed by atoms with Crippen molar-refractivity contribution in [3.05, 3.63) is 89.5 Å². The van der Waals surface area contributed by atoms with Crippen LogP contribution in [-0.4, -0.2) is 41.2 Å². The molecule has 0 aliphatic carbocycles. The summed E-state index contributed by atoms with van der Waals surface area (Å²) in [7, 11) is 1.64. The Morgan fingerprint density at radius 2 is 1.95 bits per heavy atom. The maximum absolute atomic E-state index is 5.99. The van der Waals surface area contributed by atoms with Crippen LogP contribution in [0.5, 0.6) is 5.75 Å². The molecule has 1 aliphatic rings. The first-order valence-corrected chi connectivity index (χ1v) is 12.7. The van der Waals surface area contributed by atoms with Gasteiger partial charge in [0.1, 0.15) is 23.1 Å². The lowest BCUT2D eigenvalue weighted by atomic mass is 9.93. The Morgan fingerprint density at radius 3 is 2.68 bits per heavy atom. The minimum absolute atomic E-state index is 0.182. The van der Waals surface area contributed by atoms with Gasteiger partial charge in [-0.1, -0.05) is 30.2 Å². The van der Waals surface area contributed by atoms with Gasteiger partial charge < -0.3 is 14.6 Å². The number of imidazole rings is 1. The number of hydrogen-bond donors (Lipinski definition) is 1. The highest BCUT2D eigenvalue weighted by molar-refractivity contribution is 6.29. The Balaban J connectivity index is 1.26. The second kappa shape index (κ2) is 9.74. The summed E-state index contributed by atoms with van der Waals surface area (Å²) in [5, 5.41) is 13.0. The molecule has 10 heteroatoms. The summed E-state index contributed by atoms with van der Waals surface area (Å²) in [6.45, 7) is 2.90. The van der Waals surface area contributed by atoms with E-state index in [9.17, 15) is 0 Å². The van der Waals surface area contributed by atoms with Gasteiger partial charge in [-0.3, -0.25) is 0 Å². The van der Waals surface area contributed by atoms with Gasteiger partial charge in [0.25, 0.3) is 0 Å². The number of rotatable bonds is 6. The van der Waals surface area contributed by atoms with E-state index in [-0.39, 0.29) is 5.92 Å². The lowest BCUT2D eigenvalue weighted by molar-refractivity contribution is 0.413. The first-order chi connectivity index (χ1) is 18.1. The highest BCUT2D eigenvalue weighted by Crippen LogP contribution is 2.34. The summed E-state index contributed by atoms with van der Waals surface area (Å²) in [6.07, 6.45) is 10.5. The highest BCUT2D eigenvalue weighted by Gasteiger charge is 2.25. The second-order valence-electron chi connectivity index (χ2n) is 9.23. The summed E-state index contributed by atoms with van der Waals surface area (Å²) in [5.74, 6) is 2.43. The topological polar surface area (TPSA) is 87.6 Å². The van der Waals surface area contributed by atoms with Gasteiger partial charge in [0.15, 0.2) is 0 Å². The third-order valence-electron chi connectivity index (χ3n) is 6.66. The predicted molar refractivity (Wildman–Crippen MR) is 142 cm³/mol. The number of fused-ring (bicyclic) bond motifs is 1. The maximum Gasteiger partial charge on any atom is 0.246 e. The highest BCUT2D eigenvalue weighted by atomic mass is 35.5. The molecule has 0 fully saturated rings. The number of hydrogen-bond acceptors (Lipinski definition) is 6. The van der Waals surface area contributed by atoms with E-state index in [1.54, 1.807) is 19.6 Å². The van der Waals surface area contributed by atoms with E-state index in [1.165, 1.54) is 5.56 Å². The van der Waals surface area contributed by atoms with Crippen LogP contribution in [0.25, 0.3) is 11.4 Å². The Bertz CT molecular complexity index is 1530. The number of ether oxygens (including phenoxy) is 1. The first-order valence-electron chi connectivity index (χ1n) is 12.3. The fraction of sp³-hybridized carbons (Fsp3) is 0.259. The quantitative estimate of drug-likeness (QED) is 0.313. The summed E-state index contributed by atoms with van der Waals surface area (Å²) in [6, 6.07) is 14.4. The fourth-order valence-corrected chi connectivity index (χ4v) is 4.97. The number of anilines is 2. The van der Waals surface area contributed by atoms with Crippen LogP contribution in [0.2, 0.25) is 5.15 Å². The second-order valence-corrected chi connectivity index (χ2v) is 9.62. The molecule has 0 spiro atoms. The number of methoxy groups -OCH3 is 1. The zero-order valence-corrected chi connectivity index (χ0v) is 21.4. The smallest absolute Gasteiger partial charge is 0.246 e. The van der Waals surface area contributed by atoms with Crippen LogP contribution in [0.15, 0.2) is 67.4 Å². The van der Waals surface area contributed by atoms with Gasteiger partial charge in [-0.2, -0.15) is 10.1 Å². The SMILES string of the molecule is COc1cc(Nc2nc3n(n2)CCCC[C@H]3c2ccc(-n3cc(C)cn3)cc2)ccc1-n1cnc(Cl)c1. The third-order valence-corrected chi connectivity index (χ3v) is 6.86. The van der Waals surface area contributed by atoms with Gasteiger partial charge in [0.05, 0.1) is 24.7 Å². The van der Waals surface area contributed by atoms with E-state index in [0.29, 0.717) is 16.9 Å².